The summed E-state index contributed by atoms with van der Waals surface area (Å²) in [6.07, 6.45) is 7.58. The molecule has 1 atom stereocenters. The van der Waals surface area contributed by atoms with E-state index in [1.54, 1.807) is 22.3 Å². The molecule has 2 amide bonds. The molecule has 0 spiro atoms. The molecule has 1 fully saturated rings. The monoisotopic (exact) mass is 363 g/mol. The van der Waals surface area contributed by atoms with E-state index in [0.29, 0.717) is 19.5 Å². The summed E-state index contributed by atoms with van der Waals surface area (Å²) >= 11 is 0. The Hall–Kier alpha value is -3.35. The van der Waals surface area contributed by atoms with Gasteiger partial charge in [0.25, 0.3) is 0 Å². The minimum atomic E-state index is -0.406. The molecule has 0 bridgehead atoms. The van der Waals surface area contributed by atoms with Crippen LogP contribution in [0.1, 0.15) is 11.7 Å². The van der Waals surface area contributed by atoms with Gasteiger partial charge in [0, 0.05) is 49.5 Å². The lowest BCUT2D eigenvalue weighted by molar-refractivity contribution is -0.139. The van der Waals surface area contributed by atoms with Crippen molar-refractivity contribution in [3.63, 3.8) is 0 Å². The number of nitrogens with one attached hydrogen (secondary N) is 1. The van der Waals surface area contributed by atoms with Crippen LogP contribution in [0.3, 0.4) is 0 Å². The topological polar surface area (TPSA) is 74.2 Å². The third-order valence-corrected chi connectivity index (χ3v) is 4.84. The number of amides is 2. The Bertz CT molecular complexity index is 890. The van der Waals surface area contributed by atoms with Gasteiger partial charge in [-0.25, -0.2) is 4.98 Å². The van der Waals surface area contributed by atoms with Gasteiger partial charge in [-0.15, -0.1) is 0 Å². The summed E-state index contributed by atoms with van der Waals surface area (Å²) < 4.78 is 1.89. The number of nitrogens with zero attached hydrogens (tertiary/aromatic N) is 4. The molecule has 1 unspecified atom stereocenters. The predicted octanol–water partition coefficient (Wildman–Crippen LogP) is 1.87. The largest absolute Gasteiger partial charge is 0.348 e. The van der Waals surface area contributed by atoms with E-state index in [-0.39, 0.29) is 18.4 Å². The average Bonchev–Trinajstić information content (AvgIpc) is 3.40. The molecule has 0 saturated carbocycles. The van der Waals surface area contributed by atoms with Crippen molar-refractivity contribution in [2.24, 2.45) is 0 Å². The number of piperazine rings is 1. The maximum atomic E-state index is 13.2. The summed E-state index contributed by atoms with van der Waals surface area (Å²) in [5, 5.41) is 0. The highest BCUT2D eigenvalue weighted by atomic mass is 16.2. The van der Waals surface area contributed by atoms with Crippen molar-refractivity contribution in [3.05, 3.63) is 73.1 Å². The van der Waals surface area contributed by atoms with Crippen molar-refractivity contribution < 1.29 is 9.59 Å². The fourth-order valence-corrected chi connectivity index (χ4v) is 3.43. The first-order valence-electron chi connectivity index (χ1n) is 8.96. The van der Waals surface area contributed by atoms with E-state index in [0.717, 1.165) is 11.4 Å². The number of rotatable bonds is 5. The van der Waals surface area contributed by atoms with Crippen LogP contribution in [-0.2, 0) is 16.0 Å². The van der Waals surface area contributed by atoms with Crippen molar-refractivity contribution in [2.45, 2.75) is 12.5 Å². The molecule has 4 rings (SSSR count). The first-order valence-corrected chi connectivity index (χ1v) is 8.96. The first kappa shape index (κ1) is 17.1. The highest BCUT2D eigenvalue weighted by Gasteiger charge is 2.32. The molecule has 0 aliphatic carbocycles. The van der Waals surface area contributed by atoms with Crippen LogP contribution >= 0.6 is 0 Å². The minimum absolute atomic E-state index is 0.0538. The lowest BCUT2D eigenvalue weighted by atomic mass is 10.1. The number of imidazole rings is 1. The Balaban J connectivity index is 1.50. The lowest BCUT2D eigenvalue weighted by Crippen LogP contribution is -2.54. The average molecular weight is 363 g/mol. The number of carbonyl (C=O) groups is 2. The van der Waals surface area contributed by atoms with Gasteiger partial charge >= 0.3 is 0 Å². The normalized spacial score (nSPS) is 15.8. The number of para-hydroxylation sites is 1. The van der Waals surface area contributed by atoms with E-state index in [4.69, 9.17) is 0 Å². The molecule has 27 heavy (non-hydrogen) atoms. The molecular weight excluding hydrogens is 342 g/mol. The second-order valence-electron chi connectivity index (χ2n) is 6.57. The summed E-state index contributed by atoms with van der Waals surface area (Å²) in [5.74, 6) is -0.115. The molecule has 1 aliphatic heterocycles. The molecule has 0 radical (unpaired) electrons. The number of hydrogen-bond donors (Lipinski definition) is 1. The smallest absolute Gasteiger partial charge is 0.246 e. The van der Waals surface area contributed by atoms with Crippen LogP contribution in [0.15, 0.2) is 67.4 Å². The van der Waals surface area contributed by atoms with Gasteiger partial charge in [0.15, 0.2) is 0 Å². The van der Waals surface area contributed by atoms with Gasteiger partial charge in [-0.2, -0.15) is 0 Å². The number of aromatic amines is 1. The van der Waals surface area contributed by atoms with E-state index < -0.39 is 6.04 Å². The number of H-pyrrole nitrogens is 1. The summed E-state index contributed by atoms with van der Waals surface area (Å²) in [7, 11) is 0. The Labute approximate surface area is 157 Å². The Kier molecular flexibility index (Phi) is 4.74. The van der Waals surface area contributed by atoms with E-state index in [1.807, 2.05) is 59.4 Å². The van der Waals surface area contributed by atoms with Crippen molar-refractivity contribution >= 4 is 17.5 Å². The van der Waals surface area contributed by atoms with Gasteiger partial charge in [-0.3, -0.25) is 9.59 Å². The number of hydrogen-bond acceptors (Lipinski definition) is 3. The second-order valence-corrected chi connectivity index (χ2v) is 6.57. The Morgan fingerprint density at radius 3 is 2.56 bits per heavy atom. The van der Waals surface area contributed by atoms with Crippen LogP contribution in [0.25, 0.3) is 0 Å². The first-order chi connectivity index (χ1) is 13.2. The van der Waals surface area contributed by atoms with Crippen LogP contribution in [0.2, 0.25) is 0 Å². The second kappa shape index (κ2) is 7.49. The van der Waals surface area contributed by atoms with E-state index in [1.165, 1.54) is 0 Å². The molecule has 2 aromatic heterocycles. The SMILES string of the molecule is O=C(C(Cc1cnc[nH]1)n1cccc1)N1CCN(c2ccccc2)C(=O)C1. The maximum Gasteiger partial charge on any atom is 0.246 e. The summed E-state index contributed by atoms with van der Waals surface area (Å²) in [6.45, 7) is 1.10. The minimum Gasteiger partial charge on any atom is -0.348 e. The van der Waals surface area contributed by atoms with E-state index >= 15 is 0 Å². The summed E-state index contributed by atoms with van der Waals surface area (Å²) in [6, 6.07) is 12.9. The van der Waals surface area contributed by atoms with Crippen LogP contribution in [-0.4, -0.2) is 50.9 Å². The molecule has 1 aromatic carbocycles. The van der Waals surface area contributed by atoms with Gasteiger partial charge in [0.1, 0.15) is 12.6 Å². The van der Waals surface area contributed by atoms with Crippen molar-refractivity contribution in [3.8, 4) is 0 Å². The molecule has 1 aliphatic rings. The predicted molar refractivity (Wildman–Crippen MR) is 101 cm³/mol. The van der Waals surface area contributed by atoms with Gasteiger partial charge in [-0.05, 0) is 24.3 Å². The number of aromatic nitrogens is 3. The van der Waals surface area contributed by atoms with E-state index in [9.17, 15) is 9.59 Å². The van der Waals surface area contributed by atoms with E-state index in [2.05, 4.69) is 9.97 Å². The molecule has 1 N–H and O–H groups in total. The third kappa shape index (κ3) is 3.62. The Morgan fingerprint density at radius 2 is 1.89 bits per heavy atom. The van der Waals surface area contributed by atoms with Crippen molar-refractivity contribution in [1.82, 2.24) is 19.4 Å². The third-order valence-electron chi connectivity index (χ3n) is 4.84. The molecule has 3 heterocycles. The van der Waals surface area contributed by atoms with Crippen molar-refractivity contribution in [1.29, 1.82) is 0 Å². The molecule has 7 nitrogen and oxygen atoms in total. The zero-order valence-corrected chi connectivity index (χ0v) is 14.9. The Morgan fingerprint density at radius 1 is 1.11 bits per heavy atom. The molecule has 7 heteroatoms. The number of carbonyl (C=O) groups excluding carboxylic acids is 2. The fourth-order valence-electron chi connectivity index (χ4n) is 3.43. The van der Waals surface area contributed by atoms with Crippen molar-refractivity contribution in [2.75, 3.05) is 24.5 Å². The summed E-state index contributed by atoms with van der Waals surface area (Å²) in [5.41, 5.74) is 1.75. The van der Waals surface area contributed by atoms with Gasteiger partial charge in [-0.1, -0.05) is 18.2 Å². The zero-order valence-electron chi connectivity index (χ0n) is 14.9. The quantitative estimate of drug-likeness (QED) is 0.752. The molecular formula is C20H21N5O2. The molecule has 138 valence electrons. The van der Waals surface area contributed by atoms with Gasteiger partial charge in [0.05, 0.1) is 6.33 Å². The molecule has 3 aromatic rings. The maximum absolute atomic E-state index is 13.2. The van der Waals surface area contributed by atoms with Gasteiger partial charge < -0.3 is 19.4 Å². The van der Waals surface area contributed by atoms with Gasteiger partial charge in [0.2, 0.25) is 11.8 Å². The highest BCUT2D eigenvalue weighted by molar-refractivity contribution is 5.98. The highest BCUT2D eigenvalue weighted by Crippen LogP contribution is 2.21. The molecule has 1 saturated heterocycles. The lowest BCUT2D eigenvalue weighted by Gasteiger charge is -2.36. The fraction of sp³-hybridized carbons (Fsp3) is 0.250. The van der Waals surface area contributed by atoms with Crippen LogP contribution < -0.4 is 4.90 Å². The zero-order chi connectivity index (χ0) is 18.6. The van der Waals surface area contributed by atoms with Crippen LogP contribution in [0, 0.1) is 0 Å². The summed E-state index contributed by atoms with van der Waals surface area (Å²) in [4.78, 5) is 36.3. The van der Waals surface area contributed by atoms with Crippen LogP contribution in [0.5, 0.6) is 0 Å². The number of benzene rings is 1. The standard InChI is InChI=1S/C20H21N5O2/c26-19-14-24(10-11-25(19)17-6-2-1-3-7-17)20(27)18(23-8-4-5-9-23)12-16-13-21-15-22-16/h1-9,13,15,18H,10-12,14H2,(H,21,22). The van der Waals surface area contributed by atoms with Crippen LogP contribution in [0.4, 0.5) is 5.69 Å². The number of anilines is 1.